The lowest BCUT2D eigenvalue weighted by Gasteiger charge is -2.19. The molecule has 1 atom stereocenters. The molecule has 0 amide bonds. The molecular weight excluding hydrogens is 156 g/mol. The lowest BCUT2D eigenvalue weighted by Crippen LogP contribution is -2.09. The molecule has 1 heterocycles. The second-order valence-corrected chi connectivity index (χ2v) is 4.03. The van der Waals surface area contributed by atoms with Crippen LogP contribution in [0.5, 0.6) is 0 Å². The summed E-state index contributed by atoms with van der Waals surface area (Å²) < 4.78 is 0. The van der Waals surface area contributed by atoms with Gasteiger partial charge in [-0.05, 0) is 36.3 Å². The van der Waals surface area contributed by atoms with Crippen LogP contribution in [0.15, 0.2) is 11.4 Å². The zero-order valence-electron chi connectivity index (χ0n) is 6.42. The summed E-state index contributed by atoms with van der Waals surface area (Å²) in [5.74, 6) is 0.443. The third-order valence-electron chi connectivity index (χ3n) is 2.37. The first kappa shape index (κ1) is 7.32. The lowest BCUT2D eigenvalue weighted by molar-refractivity contribution is 0.255. The number of hydrogen-bond acceptors (Lipinski definition) is 2. The van der Waals surface area contributed by atoms with Crippen molar-refractivity contribution >= 4 is 11.3 Å². The van der Waals surface area contributed by atoms with Crippen LogP contribution in [-0.4, -0.2) is 11.7 Å². The van der Waals surface area contributed by atoms with Gasteiger partial charge in [-0.2, -0.15) is 0 Å². The van der Waals surface area contributed by atoms with Gasteiger partial charge in [-0.3, -0.25) is 0 Å². The van der Waals surface area contributed by atoms with E-state index in [0.717, 1.165) is 0 Å². The zero-order chi connectivity index (χ0) is 7.68. The number of aliphatic hydroxyl groups is 1. The molecule has 1 aromatic rings. The van der Waals surface area contributed by atoms with E-state index in [-0.39, 0.29) is 0 Å². The topological polar surface area (TPSA) is 20.2 Å². The second-order valence-electron chi connectivity index (χ2n) is 3.08. The summed E-state index contributed by atoms with van der Waals surface area (Å²) >= 11 is 1.80. The molecule has 11 heavy (non-hydrogen) atoms. The largest absolute Gasteiger partial charge is 0.396 e. The highest BCUT2D eigenvalue weighted by atomic mass is 32.1. The molecule has 2 rings (SSSR count). The molecule has 0 radical (unpaired) electrons. The molecule has 2 heteroatoms. The molecule has 0 aromatic carbocycles. The molecule has 0 bridgehead atoms. The van der Waals surface area contributed by atoms with Gasteiger partial charge in [0.1, 0.15) is 0 Å². The molecule has 0 fully saturated rings. The van der Waals surface area contributed by atoms with Crippen molar-refractivity contribution in [3.8, 4) is 0 Å². The van der Waals surface area contributed by atoms with Gasteiger partial charge in [0, 0.05) is 10.8 Å². The Morgan fingerprint density at radius 2 is 2.55 bits per heavy atom. The van der Waals surface area contributed by atoms with Crippen molar-refractivity contribution in [2.24, 2.45) is 0 Å². The molecule has 0 unspecified atom stereocenters. The minimum Gasteiger partial charge on any atom is -0.396 e. The van der Waals surface area contributed by atoms with E-state index >= 15 is 0 Å². The molecule has 0 saturated heterocycles. The van der Waals surface area contributed by atoms with Crippen LogP contribution in [0.3, 0.4) is 0 Å². The second kappa shape index (κ2) is 2.95. The quantitative estimate of drug-likeness (QED) is 0.681. The van der Waals surface area contributed by atoms with Crippen molar-refractivity contribution in [1.29, 1.82) is 0 Å². The summed E-state index contributed by atoms with van der Waals surface area (Å²) in [7, 11) is 0. The average Bonchev–Trinajstić information content (AvgIpc) is 2.50. The van der Waals surface area contributed by atoms with Crippen molar-refractivity contribution in [3.63, 3.8) is 0 Å². The fourth-order valence-electron chi connectivity index (χ4n) is 1.76. The number of rotatable bonds is 1. The molecule has 60 valence electrons. The van der Waals surface area contributed by atoms with E-state index in [1.54, 1.807) is 11.3 Å². The lowest BCUT2D eigenvalue weighted by atomic mass is 9.90. The van der Waals surface area contributed by atoms with E-state index in [1.165, 1.54) is 29.7 Å². The van der Waals surface area contributed by atoms with E-state index in [2.05, 4.69) is 11.4 Å². The predicted molar refractivity (Wildman–Crippen MR) is 47.1 cm³/mol. The third kappa shape index (κ3) is 1.21. The average molecular weight is 168 g/mol. The van der Waals surface area contributed by atoms with E-state index in [4.69, 9.17) is 5.11 Å². The van der Waals surface area contributed by atoms with Gasteiger partial charge >= 0.3 is 0 Å². The Kier molecular flexibility index (Phi) is 1.96. The fourth-order valence-corrected chi connectivity index (χ4v) is 2.84. The normalized spacial score (nSPS) is 23.2. The monoisotopic (exact) mass is 168 g/mol. The van der Waals surface area contributed by atoms with Crippen molar-refractivity contribution in [2.75, 3.05) is 6.61 Å². The Morgan fingerprint density at radius 1 is 1.64 bits per heavy atom. The van der Waals surface area contributed by atoms with E-state index in [1.807, 2.05) is 0 Å². The standard InChI is InChI=1S/C9H12OS/c10-6-8-3-1-2-7-4-5-11-9(7)8/h4-5,8,10H,1-3,6H2/t8-/m1/s1. The van der Waals surface area contributed by atoms with E-state index in [0.29, 0.717) is 12.5 Å². The summed E-state index contributed by atoms with van der Waals surface area (Å²) in [5.41, 5.74) is 1.47. The minimum absolute atomic E-state index is 0.327. The molecule has 0 aliphatic heterocycles. The maximum atomic E-state index is 9.06. The van der Waals surface area contributed by atoms with Crippen molar-refractivity contribution in [1.82, 2.24) is 0 Å². The number of hydrogen-bond donors (Lipinski definition) is 1. The maximum Gasteiger partial charge on any atom is 0.0507 e. The summed E-state index contributed by atoms with van der Waals surface area (Å²) in [6.07, 6.45) is 3.63. The van der Waals surface area contributed by atoms with Crippen LogP contribution >= 0.6 is 11.3 Å². The van der Waals surface area contributed by atoms with Gasteiger partial charge in [-0.25, -0.2) is 0 Å². The molecule has 1 N–H and O–H groups in total. The van der Waals surface area contributed by atoms with Crippen molar-refractivity contribution in [2.45, 2.75) is 25.2 Å². The minimum atomic E-state index is 0.327. The third-order valence-corrected chi connectivity index (χ3v) is 3.49. The SMILES string of the molecule is OC[C@H]1CCCc2ccsc21. The van der Waals surface area contributed by atoms with Crippen LogP contribution in [0.25, 0.3) is 0 Å². The van der Waals surface area contributed by atoms with E-state index in [9.17, 15) is 0 Å². The highest BCUT2D eigenvalue weighted by molar-refractivity contribution is 7.10. The molecular formula is C9H12OS. The van der Waals surface area contributed by atoms with Crippen molar-refractivity contribution in [3.05, 3.63) is 21.9 Å². The molecule has 1 aliphatic rings. The zero-order valence-corrected chi connectivity index (χ0v) is 7.23. The smallest absolute Gasteiger partial charge is 0.0507 e. The Labute approximate surface area is 70.7 Å². The number of thiophene rings is 1. The Balaban J connectivity index is 2.32. The van der Waals surface area contributed by atoms with Gasteiger partial charge in [-0.15, -0.1) is 11.3 Å². The first-order valence-corrected chi connectivity index (χ1v) is 4.97. The highest BCUT2D eigenvalue weighted by Crippen LogP contribution is 2.34. The Morgan fingerprint density at radius 3 is 3.36 bits per heavy atom. The number of aliphatic hydroxyl groups excluding tert-OH is 1. The molecule has 0 spiro atoms. The first-order valence-electron chi connectivity index (χ1n) is 4.09. The summed E-state index contributed by atoms with van der Waals surface area (Å²) in [6.45, 7) is 0.327. The van der Waals surface area contributed by atoms with Gasteiger partial charge in [0.05, 0.1) is 6.61 Å². The summed E-state index contributed by atoms with van der Waals surface area (Å²) in [5, 5.41) is 11.2. The van der Waals surface area contributed by atoms with Crippen LogP contribution in [-0.2, 0) is 6.42 Å². The van der Waals surface area contributed by atoms with Gasteiger partial charge in [0.15, 0.2) is 0 Å². The predicted octanol–water partition coefficient (Wildman–Crippen LogP) is 2.16. The summed E-state index contributed by atoms with van der Waals surface area (Å²) in [6, 6.07) is 2.20. The molecule has 1 aliphatic carbocycles. The first-order chi connectivity index (χ1) is 5.42. The van der Waals surface area contributed by atoms with Gasteiger partial charge < -0.3 is 5.11 Å². The van der Waals surface area contributed by atoms with Crippen molar-refractivity contribution < 1.29 is 5.11 Å². The van der Waals surface area contributed by atoms with E-state index < -0.39 is 0 Å². The van der Waals surface area contributed by atoms with Gasteiger partial charge in [-0.1, -0.05) is 0 Å². The van der Waals surface area contributed by atoms with Gasteiger partial charge in [0.25, 0.3) is 0 Å². The number of fused-ring (bicyclic) bond motifs is 1. The van der Waals surface area contributed by atoms with Crippen LogP contribution in [0.2, 0.25) is 0 Å². The maximum absolute atomic E-state index is 9.06. The fraction of sp³-hybridized carbons (Fsp3) is 0.556. The Bertz CT molecular complexity index is 241. The van der Waals surface area contributed by atoms with Crippen LogP contribution in [0.4, 0.5) is 0 Å². The van der Waals surface area contributed by atoms with Crippen LogP contribution < -0.4 is 0 Å². The highest BCUT2D eigenvalue weighted by Gasteiger charge is 2.19. The molecule has 0 saturated carbocycles. The molecule has 1 nitrogen and oxygen atoms in total. The summed E-state index contributed by atoms with van der Waals surface area (Å²) in [4.78, 5) is 1.43. The van der Waals surface area contributed by atoms with Gasteiger partial charge in [0.2, 0.25) is 0 Å². The number of aryl methyl sites for hydroxylation is 1. The van der Waals surface area contributed by atoms with Crippen LogP contribution in [0, 0.1) is 0 Å². The molecule has 1 aromatic heterocycles. The Hall–Kier alpha value is -0.340. The van der Waals surface area contributed by atoms with Crippen LogP contribution in [0.1, 0.15) is 29.2 Å².